The summed E-state index contributed by atoms with van der Waals surface area (Å²) >= 11 is 0. The molecule has 2 aromatic heterocycles. The van der Waals surface area contributed by atoms with Gasteiger partial charge in [0.25, 0.3) is 16.8 Å². The first-order valence-electron chi connectivity index (χ1n) is 10.1. The number of aromatic hydroxyl groups is 2. The van der Waals surface area contributed by atoms with Gasteiger partial charge in [-0.25, -0.2) is 4.85 Å². The fourth-order valence-corrected chi connectivity index (χ4v) is 4.70. The first-order valence-corrected chi connectivity index (χ1v) is 10.1. The molecule has 0 aliphatic heterocycles. The van der Waals surface area contributed by atoms with Crippen molar-refractivity contribution in [2.24, 2.45) is 0 Å². The van der Waals surface area contributed by atoms with Gasteiger partial charge in [-0.05, 0) is 38.8 Å². The highest BCUT2D eigenvalue weighted by atomic mass is 16.3. The Morgan fingerprint density at radius 1 is 0.938 bits per heavy atom. The molecule has 168 valence electrons. The van der Waals surface area contributed by atoms with E-state index in [1.807, 2.05) is 6.07 Å². The number of nitrogens with zero attached hydrogens (tertiary/aromatic N) is 4. The van der Waals surface area contributed by atoms with Crippen LogP contribution in [0.5, 0.6) is 11.8 Å². The van der Waals surface area contributed by atoms with Gasteiger partial charge in [0.05, 0.1) is 18.8 Å². The minimum absolute atomic E-state index is 0.0741. The molecular weight excluding hydrogens is 416 g/mol. The quantitative estimate of drug-likeness (QED) is 0.519. The topological polar surface area (TPSA) is 153 Å². The van der Waals surface area contributed by atoms with E-state index in [4.69, 9.17) is 6.57 Å². The molecular formula is C22H24N4O6. The second-order valence-corrected chi connectivity index (χ2v) is 7.80. The number of hydrogen-bond acceptors (Lipinski definition) is 7. The average Bonchev–Trinajstić information content (AvgIpc) is 2.75. The summed E-state index contributed by atoms with van der Waals surface area (Å²) in [6.45, 7) is 13.6. The summed E-state index contributed by atoms with van der Waals surface area (Å²) in [4.78, 5) is 28.1. The monoisotopic (exact) mass is 440 g/mol. The zero-order valence-electron chi connectivity index (χ0n) is 18.1. The van der Waals surface area contributed by atoms with Crippen LogP contribution in [0.15, 0.2) is 9.59 Å². The Morgan fingerprint density at radius 3 is 1.78 bits per heavy atom. The van der Waals surface area contributed by atoms with Crippen LogP contribution in [0, 0.1) is 31.8 Å². The Balaban J connectivity index is 2.21. The fraction of sp³-hybridized carbons (Fsp3) is 0.455. The summed E-state index contributed by atoms with van der Waals surface area (Å²) in [6.07, 6.45) is -2.65. The molecule has 4 N–H and O–H groups in total. The fourth-order valence-electron chi connectivity index (χ4n) is 4.70. The number of rotatable bonds is 4. The Labute approximate surface area is 183 Å². The van der Waals surface area contributed by atoms with Crippen LogP contribution in [0.4, 0.5) is 5.69 Å². The van der Waals surface area contributed by atoms with Gasteiger partial charge < -0.3 is 20.4 Å². The lowest BCUT2D eigenvalue weighted by Gasteiger charge is -2.48. The molecule has 1 aliphatic rings. The van der Waals surface area contributed by atoms with Crippen LogP contribution < -0.4 is 11.1 Å². The largest absolute Gasteiger partial charge is 0.494 e. The maximum atomic E-state index is 12.4. The molecule has 0 radical (unpaired) electrons. The molecule has 2 atom stereocenters. The van der Waals surface area contributed by atoms with Gasteiger partial charge in [-0.1, -0.05) is 0 Å². The van der Waals surface area contributed by atoms with Crippen molar-refractivity contribution in [3.63, 3.8) is 0 Å². The predicted octanol–water partition coefficient (Wildman–Crippen LogP) is 1.10. The lowest BCUT2D eigenvalue weighted by molar-refractivity contribution is -0.0808. The molecule has 0 saturated heterocycles. The lowest BCUT2D eigenvalue weighted by Crippen LogP contribution is -2.53. The van der Waals surface area contributed by atoms with Gasteiger partial charge in [-0.3, -0.25) is 18.7 Å². The molecule has 1 aliphatic carbocycles. The molecule has 3 rings (SSSR count). The highest BCUT2D eigenvalue weighted by molar-refractivity contribution is 5.60. The number of nitriles is 1. The highest BCUT2D eigenvalue weighted by Gasteiger charge is 2.54. The van der Waals surface area contributed by atoms with Gasteiger partial charge in [0.15, 0.2) is 11.8 Å². The van der Waals surface area contributed by atoms with Gasteiger partial charge in [-0.15, -0.1) is 0 Å². The first-order chi connectivity index (χ1) is 15.1. The highest BCUT2D eigenvalue weighted by Crippen LogP contribution is 2.53. The molecule has 0 aromatic carbocycles. The number of pyridine rings is 2. The summed E-state index contributed by atoms with van der Waals surface area (Å²) < 4.78 is 1.99. The van der Waals surface area contributed by atoms with Crippen LogP contribution in [0.25, 0.3) is 4.85 Å². The van der Waals surface area contributed by atoms with E-state index in [0.717, 1.165) is 9.13 Å². The van der Waals surface area contributed by atoms with E-state index in [-0.39, 0.29) is 46.6 Å². The zero-order chi connectivity index (χ0) is 24.1. The molecule has 2 unspecified atom stereocenters. The molecule has 2 heterocycles. The van der Waals surface area contributed by atoms with Gasteiger partial charge >= 0.3 is 0 Å². The van der Waals surface area contributed by atoms with Crippen LogP contribution in [0.1, 0.15) is 53.5 Å². The zero-order valence-corrected chi connectivity index (χ0v) is 18.1. The molecule has 2 aromatic rings. The molecule has 0 amide bonds. The smallest absolute Gasteiger partial charge is 0.271 e. The summed E-state index contributed by atoms with van der Waals surface area (Å²) in [5, 5.41) is 52.9. The predicted molar refractivity (Wildman–Crippen MR) is 114 cm³/mol. The lowest BCUT2D eigenvalue weighted by atomic mass is 9.62. The molecule has 32 heavy (non-hydrogen) atoms. The third kappa shape index (κ3) is 2.92. The Hall–Kier alpha value is -3.60. The molecule has 1 saturated carbocycles. The summed E-state index contributed by atoms with van der Waals surface area (Å²) in [6, 6.07) is 1.82. The molecule has 10 nitrogen and oxygen atoms in total. The van der Waals surface area contributed by atoms with Crippen molar-refractivity contribution >= 4 is 5.69 Å². The number of aliphatic hydroxyl groups excluding tert-OH is 2. The minimum Gasteiger partial charge on any atom is -0.494 e. The average molecular weight is 440 g/mol. The summed E-state index contributed by atoms with van der Waals surface area (Å²) in [5.74, 6) is -2.99. The van der Waals surface area contributed by atoms with E-state index in [2.05, 4.69) is 4.85 Å². The van der Waals surface area contributed by atoms with Gasteiger partial charge in [0, 0.05) is 36.1 Å². The molecule has 0 bridgehead atoms. The second kappa shape index (κ2) is 8.15. The van der Waals surface area contributed by atoms with E-state index >= 15 is 0 Å². The maximum Gasteiger partial charge on any atom is 0.271 e. The van der Waals surface area contributed by atoms with E-state index in [0.29, 0.717) is 0 Å². The normalized spacial score (nSPS) is 22.1. The standard InChI is InChI=1S/C22H24N4O6/c1-6-25-19(29)11(8-23)9(3)12(20(25)30)14-17(27)15(18(14)28)13-10(4)16(24-5)22(32)26(7-2)21(13)31/h14-15,17-18,27-28,30-31H,6-7H2,1-4H3. The third-order valence-corrected chi connectivity index (χ3v) is 6.43. The van der Waals surface area contributed by atoms with Crippen LogP contribution in [0.2, 0.25) is 0 Å². The second-order valence-electron chi connectivity index (χ2n) is 7.80. The summed E-state index contributed by atoms with van der Waals surface area (Å²) in [5.41, 5.74) is -1.28. The van der Waals surface area contributed by atoms with E-state index in [9.17, 15) is 35.3 Å². The molecule has 1 fully saturated rings. The Morgan fingerprint density at radius 2 is 1.38 bits per heavy atom. The molecule has 10 heteroatoms. The van der Waals surface area contributed by atoms with Gasteiger partial charge in [-0.2, -0.15) is 5.26 Å². The molecule has 0 spiro atoms. The Kier molecular flexibility index (Phi) is 5.88. The van der Waals surface area contributed by atoms with Crippen LogP contribution in [0.3, 0.4) is 0 Å². The van der Waals surface area contributed by atoms with E-state index in [1.165, 1.54) is 13.8 Å². The van der Waals surface area contributed by atoms with Crippen molar-refractivity contribution in [2.75, 3.05) is 0 Å². The van der Waals surface area contributed by atoms with Crippen LogP contribution >= 0.6 is 0 Å². The van der Waals surface area contributed by atoms with Crippen LogP contribution in [-0.4, -0.2) is 41.8 Å². The van der Waals surface area contributed by atoms with Crippen molar-refractivity contribution < 1.29 is 20.4 Å². The number of aromatic nitrogens is 2. The number of aliphatic hydroxyl groups is 2. The van der Waals surface area contributed by atoms with Crippen LogP contribution in [-0.2, 0) is 13.1 Å². The third-order valence-electron chi connectivity index (χ3n) is 6.43. The van der Waals surface area contributed by atoms with Crippen molar-refractivity contribution in [1.82, 2.24) is 9.13 Å². The minimum atomic E-state index is -1.32. The Bertz CT molecular complexity index is 1200. The van der Waals surface area contributed by atoms with Gasteiger partial charge in [0.2, 0.25) is 0 Å². The summed E-state index contributed by atoms with van der Waals surface area (Å²) in [7, 11) is 0. The maximum absolute atomic E-state index is 12.4. The van der Waals surface area contributed by atoms with Gasteiger partial charge in [0.1, 0.15) is 11.6 Å². The van der Waals surface area contributed by atoms with Crippen molar-refractivity contribution in [3.05, 3.63) is 59.9 Å². The number of hydrogen-bond donors (Lipinski definition) is 4. The van der Waals surface area contributed by atoms with Crippen molar-refractivity contribution in [1.29, 1.82) is 5.26 Å². The first kappa shape index (κ1) is 23.1. The van der Waals surface area contributed by atoms with E-state index in [1.54, 1.807) is 13.8 Å². The van der Waals surface area contributed by atoms with Crippen molar-refractivity contribution in [2.45, 2.75) is 64.8 Å². The van der Waals surface area contributed by atoms with Crippen molar-refractivity contribution in [3.8, 4) is 17.8 Å². The SMILES string of the molecule is [C-]#[N+]c1c(C)c(C2C(O)C(c3c(C)c(C#N)c(=O)n(CC)c3O)C2O)c(O)n(CC)c1=O. The van der Waals surface area contributed by atoms with E-state index < -0.39 is 46.9 Å².